The van der Waals surface area contributed by atoms with Gasteiger partial charge in [0.15, 0.2) is 6.61 Å². The van der Waals surface area contributed by atoms with Crippen LogP contribution in [0.25, 0.3) is 0 Å². The van der Waals surface area contributed by atoms with Crippen molar-refractivity contribution in [3.05, 3.63) is 65.5 Å². The molecule has 0 saturated carbocycles. The highest BCUT2D eigenvalue weighted by molar-refractivity contribution is 5.87. The smallest absolute Gasteiger partial charge is 0.335 e. The molecule has 5 nitrogen and oxygen atoms in total. The Hall–Kier alpha value is -2.89. The van der Waals surface area contributed by atoms with Gasteiger partial charge in [-0.15, -0.1) is 0 Å². The Bertz CT molecular complexity index is 685. The summed E-state index contributed by atoms with van der Waals surface area (Å²) in [4.78, 5) is 22.4. The number of carbonyl (C=O) groups excluding carboxylic acids is 1. The fraction of sp³-hybridized carbons (Fsp3) is 0.176. The average Bonchev–Trinajstić information content (AvgIpc) is 2.53. The molecular weight excluding hydrogens is 301 g/mol. The van der Waals surface area contributed by atoms with Gasteiger partial charge in [0.05, 0.1) is 5.56 Å². The van der Waals surface area contributed by atoms with Gasteiger partial charge in [-0.05, 0) is 36.2 Å². The molecule has 1 amide bonds. The van der Waals surface area contributed by atoms with Crippen LogP contribution in [0.2, 0.25) is 0 Å². The van der Waals surface area contributed by atoms with Crippen molar-refractivity contribution < 1.29 is 23.8 Å². The third kappa shape index (κ3) is 5.43. The molecule has 0 spiro atoms. The lowest BCUT2D eigenvalue weighted by Crippen LogP contribution is -2.30. The molecule has 2 aromatic rings. The zero-order chi connectivity index (χ0) is 16.7. The van der Waals surface area contributed by atoms with Gasteiger partial charge >= 0.3 is 5.97 Å². The minimum absolute atomic E-state index is 0.193. The number of nitrogens with one attached hydrogen (secondary N) is 1. The molecule has 2 N–H and O–H groups in total. The highest BCUT2D eigenvalue weighted by Gasteiger charge is 2.04. The molecule has 6 heteroatoms. The van der Waals surface area contributed by atoms with Gasteiger partial charge in [0, 0.05) is 12.6 Å². The first kappa shape index (κ1) is 16.5. The number of carboxylic acids is 1. The summed E-state index contributed by atoms with van der Waals surface area (Å²) in [5.74, 6) is -1.41. The SMILES string of the molecule is O=C(COc1cccc(F)c1)NCCc1ccc(C(=O)O)cc1. The predicted molar refractivity (Wildman–Crippen MR) is 82.0 cm³/mol. The summed E-state index contributed by atoms with van der Waals surface area (Å²) in [7, 11) is 0. The maximum atomic E-state index is 12.9. The van der Waals surface area contributed by atoms with Crippen molar-refractivity contribution in [3.8, 4) is 5.75 Å². The van der Waals surface area contributed by atoms with Crippen molar-refractivity contribution >= 4 is 11.9 Å². The quantitative estimate of drug-likeness (QED) is 0.821. The second-order valence-electron chi connectivity index (χ2n) is 4.85. The normalized spacial score (nSPS) is 10.1. The van der Waals surface area contributed by atoms with Gasteiger partial charge in [0.25, 0.3) is 5.91 Å². The molecule has 0 heterocycles. The van der Waals surface area contributed by atoms with E-state index in [1.807, 2.05) is 0 Å². The van der Waals surface area contributed by atoms with Gasteiger partial charge in [-0.1, -0.05) is 18.2 Å². The number of hydrogen-bond donors (Lipinski definition) is 2. The first-order valence-corrected chi connectivity index (χ1v) is 7.02. The molecule has 2 rings (SSSR count). The highest BCUT2D eigenvalue weighted by Crippen LogP contribution is 2.11. The van der Waals surface area contributed by atoms with Crippen LogP contribution in [0.5, 0.6) is 5.75 Å². The number of amides is 1. The average molecular weight is 317 g/mol. The number of halogens is 1. The number of benzene rings is 2. The topological polar surface area (TPSA) is 75.6 Å². The molecule has 0 aromatic heterocycles. The molecule has 23 heavy (non-hydrogen) atoms. The molecule has 120 valence electrons. The van der Waals surface area contributed by atoms with Gasteiger partial charge in [0.1, 0.15) is 11.6 Å². The zero-order valence-corrected chi connectivity index (χ0v) is 12.3. The van der Waals surface area contributed by atoms with E-state index in [1.54, 1.807) is 18.2 Å². The number of hydrogen-bond acceptors (Lipinski definition) is 3. The molecule has 0 bridgehead atoms. The zero-order valence-electron chi connectivity index (χ0n) is 12.3. The van der Waals surface area contributed by atoms with Crippen LogP contribution in [0.15, 0.2) is 48.5 Å². The number of rotatable bonds is 7. The van der Waals surface area contributed by atoms with E-state index in [0.29, 0.717) is 18.7 Å². The van der Waals surface area contributed by atoms with Crippen LogP contribution in [-0.4, -0.2) is 30.1 Å². The van der Waals surface area contributed by atoms with E-state index in [0.717, 1.165) is 5.56 Å². The molecule has 0 fully saturated rings. The molecule has 0 unspecified atom stereocenters. The van der Waals surface area contributed by atoms with Gasteiger partial charge in [0.2, 0.25) is 0 Å². The molecule has 0 aliphatic heterocycles. The van der Waals surface area contributed by atoms with E-state index in [4.69, 9.17) is 9.84 Å². The summed E-state index contributed by atoms with van der Waals surface area (Å²) in [6, 6.07) is 12.0. The van der Waals surface area contributed by atoms with Crippen LogP contribution in [-0.2, 0) is 11.2 Å². The van der Waals surface area contributed by atoms with E-state index < -0.39 is 11.8 Å². The van der Waals surface area contributed by atoms with Crippen molar-refractivity contribution in [1.82, 2.24) is 5.32 Å². The maximum Gasteiger partial charge on any atom is 0.335 e. The Morgan fingerprint density at radius 1 is 1.13 bits per heavy atom. The Labute approximate surface area is 132 Å². The van der Waals surface area contributed by atoms with Crippen molar-refractivity contribution in [2.75, 3.05) is 13.2 Å². The maximum absolute atomic E-state index is 12.9. The predicted octanol–water partition coefficient (Wildman–Crippen LogP) is 2.26. The van der Waals surface area contributed by atoms with Crippen LogP contribution in [0.4, 0.5) is 4.39 Å². The fourth-order valence-corrected chi connectivity index (χ4v) is 1.92. The third-order valence-electron chi connectivity index (χ3n) is 3.10. The number of aromatic carboxylic acids is 1. The van der Waals surface area contributed by atoms with Crippen LogP contribution in [0.3, 0.4) is 0 Å². The largest absolute Gasteiger partial charge is 0.484 e. The third-order valence-corrected chi connectivity index (χ3v) is 3.10. The Balaban J connectivity index is 1.71. The molecule has 2 aromatic carbocycles. The van der Waals surface area contributed by atoms with Crippen molar-refractivity contribution in [2.24, 2.45) is 0 Å². The molecule has 0 aliphatic rings. The fourth-order valence-electron chi connectivity index (χ4n) is 1.92. The molecule has 0 saturated heterocycles. The Morgan fingerprint density at radius 3 is 2.52 bits per heavy atom. The second-order valence-corrected chi connectivity index (χ2v) is 4.85. The number of carbonyl (C=O) groups is 2. The minimum Gasteiger partial charge on any atom is -0.484 e. The minimum atomic E-state index is -0.973. The van der Waals surface area contributed by atoms with Crippen LogP contribution in [0, 0.1) is 5.82 Å². The van der Waals surface area contributed by atoms with E-state index in [9.17, 15) is 14.0 Å². The Kier molecular flexibility index (Phi) is 5.68. The lowest BCUT2D eigenvalue weighted by atomic mass is 10.1. The summed E-state index contributed by atoms with van der Waals surface area (Å²) < 4.78 is 18.1. The number of ether oxygens (including phenoxy) is 1. The van der Waals surface area contributed by atoms with E-state index in [2.05, 4.69) is 5.32 Å². The first-order valence-electron chi connectivity index (χ1n) is 7.02. The van der Waals surface area contributed by atoms with E-state index in [-0.39, 0.29) is 18.1 Å². The highest BCUT2D eigenvalue weighted by atomic mass is 19.1. The number of carboxylic acid groups (broad SMARTS) is 1. The second kappa shape index (κ2) is 7.93. The standard InChI is InChI=1S/C17H16FNO4/c18-14-2-1-3-15(10-14)23-11-16(20)19-9-8-12-4-6-13(7-5-12)17(21)22/h1-7,10H,8-9,11H2,(H,19,20)(H,21,22). The van der Waals surface area contributed by atoms with Gasteiger partial charge in [-0.25, -0.2) is 9.18 Å². The summed E-state index contributed by atoms with van der Waals surface area (Å²) >= 11 is 0. The lowest BCUT2D eigenvalue weighted by molar-refractivity contribution is -0.123. The van der Waals surface area contributed by atoms with Crippen LogP contribution >= 0.6 is 0 Å². The molecule has 0 atom stereocenters. The van der Waals surface area contributed by atoms with Crippen LogP contribution in [0.1, 0.15) is 15.9 Å². The first-order chi connectivity index (χ1) is 11.0. The van der Waals surface area contributed by atoms with Crippen molar-refractivity contribution in [2.45, 2.75) is 6.42 Å². The molecule has 0 aliphatic carbocycles. The summed E-state index contributed by atoms with van der Waals surface area (Å²) in [6.07, 6.45) is 0.575. The molecule has 0 radical (unpaired) electrons. The van der Waals surface area contributed by atoms with Gasteiger partial charge < -0.3 is 15.2 Å². The Morgan fingerprint density at radius 2 is 1.87 bits per heavy atom. The van der Waals surface area contributed by atoms with Crippen molar-refractivity contribution in [3.63, 3.8) is 0 Å². The lowest BCUT2D eigenvalue weighted by Gasteiger charge is -2.08. The van der Waals surface area contributed by atoms with Crippen LogP contribution < -0.4 is 10.1 Å². The van der Waals surface area contributed by atoms with E-state index in [1.165, 1.54) is 30.3 Å². The van der Waals surface area contributed by atoms with Gasteiger partial charge in [-0.3, -0.25) is 4.79 Å². The molecular formula is C17H16FNO4. The summed E-state index contributed by atoms with van der Waals surface area (Å²) in [5.41, 5.74) is 1.14. The van der Waals surface area contributed by atoms with E-state index >= 15 is 0 Å². The monoisotopic (exact) mass is 317 g/mol. The van der Waals surface area contributed by atoms with Crippen molar-refractivity contribution in [1.29, 1.82) is 0 Å². The summed E-state index contributed by atoms with van der Waals surface area (Å²) in [6.45, 7) is 0.208. The van der Waals surface area contributed by atoms with Gasteiger partial charge in [-0.2, -0.15) is 0 Å². The summed E-state index contributed by atoms with van der Waals surface area (Å²) in [5, 5.41) is 11.5.